The monoisotopic (exact) mass is 572 g/mol. The van der Waals surface area contributed by atoms with E-state index in [2.05, 4.69) is 9.97 Å². The maximum atomic E-state index is 13.8. The highest BCUT2D eigenvalue weighted by Gasteiger charge is 2.63. The van der Waals surface area contributed by atoms with Crippen LogP contribution in [0.3, 0.4) is 0 Å². The summed E-state index contributed by atoms with van der Waals surface area (Å²) in [6, 6.07) is 2.00. The van der Waals surface area contributed by atoms with Gasteiger partial charge in [-0.1, -0.05) is 32.4 Å². The highest BCUT2D eigenvalue weighted by atomic mass is 35.5. The van der Waals surface area contributed by atoms with Gasteiger partial charge in [0, 0.05) is 11.5 Å². The number of rotatable bonds is 3. The Morgan fingerprint density at radius 1 is 1.13 bits per heavy atom. The van der Waals surface area contributed by atoms with Gasteiger partial charge >= 0.3 is 18.2 Å². The number of halogens is 4. The summed E-state index contributed by atoms with van der Waals surface area (Å²) in [4.78, 5) is 47.5. The molecule has 1 saturated carbocycles. The number of alkyl halides is 3. The van der Waals surface area contributed by atoms with E-state index in [1.807, 2.05) is 0 Å². The van der Waals surface area contributed by atoms with Gasteiger partial charge in [-0.25, -0.2) is 19.7 Å². The van der Waals surface area contributed by atoms with Gasteiger partial charge in [0.15, 0.2) is 11.5 Å². The molecule has 4 rings (SSSR count). The molecule has 2 fully saturated rings. The van der Waals surface area contributed by atoms with E-state index in [0.717, 1.165) is 0 Å². The smallest absolute Gasteiger partial charge is 0.471 e. The molecule has 1 aromatic carbocycles. The summed E-state index contributed by atoms with van der Waals surface area (Å²) >= 11 is 6.19. The van der Waals surface area contributed by atoms with E-state index in [-0.39, 0.29) is 30.8 Å². The van der Waals surface area contributed by atoms with Crippen LogP contribution < -0.4 is 9.47 Å². The van der Waals surface area contributed by atoms with E-state index >= 15 is 0 Å². The van der Waals surface area contributed by atoms with Gasteiger partial charge in [0.1, 0.15) is 17.0 Å². The predicted octanol–water partition coefficient (Wildman–Crippen LogP) is 4.68. The number of amides is 3. The summed E-state index contributed by atoms with van der Waals surface area (Å²) in [6.07, 6.45) is -6.43. The van der Waals surface area contributed by atoms with Crippen LogP contribution in [0, 0.1) is 5.41 Å². The van der Waals surface area contributed by atoms with E-state index in [1.165, 1.54) is 13.4 Å². The summed E-state index contributed by atoms with van der Waals surface area (Å²) in [7, 11) is 1.43. The van der Waals surface area contributed by atoms with Crippen LogP contribution in [0.2, 0.25) is 5.15 Å². The number of hydrogen-bond donors (Lipinski definition) is 1. The number of benzene rings is 1. The Hall–Kier alpha value is -3.35. The second-order valence-corrected chi connectivity index (χ2v) is 11.1. The summed E-state index contributed by atoms with van der Waals surface area (Å²) < 4.78 is 53.0. The van der Waals surface area contributed by atoms with Crippen molar-refractivity contribution < 1.29 is 42.1 Å². The number of carbonyl (C=O) groups excluding carboxylic acids is 2. The minimum Gasteiger partial charge on any atom is -0.493 e. The maximum Gasteiger partial charge on any atom is 0.471 e. The maximum absolute atomic E-state index is 13.8. The third kappa shape index (κ3) is 5.15. The van der Waals surface area contributed by atoms with Gasteiger partial charge in [-0.15, -0.1) is 0 Å². The van der Waals surface area contributed by atoms with Gasteiger partial charge in [-0.05, 0) is 37.2 Å². The van der Waals surface area contributed by atoms with Crippen molar-refractivity contribution in [2.75, 3.05) is 13.7 Å². The van der Waals surface area contributed by atoms with Crippen LogP contribution in [0.15, 0.2) is 18.5 Å². The molecule has 2 aliphatic rings. The first-order valence-corrected chi connectivity index (χ1v) is 12.6. The quantitative estimate of drug-likeness (QED) is 0.526. The Kier molecular flexibility index (Phi) is 7.34. The number of nitrogens with zero attached hydrogens (tertiary/aromatic N) is 4. The molecule has 1 atom stereocenters. The van der Waals surface area contributed by atoms with E-state index in [4.69, 9.17) is 21.1 Å². The van der Waals surface area contributed by atoms with Gasteiger partial charge in [-0.3, -0.25) is 9.59 Å². The van der Waals surface area contributed by atoms with Crippen molar-refractivity contribution in [1.29, 1.82) is 0 Å². The number of aromatic nitrogens is 2. The first kappa shape index (κ1) is 28.7. The number of imide groups is 1. The van der Waals surface area contributed by atoms with Gasteiger partial charge in [0.25, 0.3) is 5.91 Å². The highest BCUT2D eigenvalue weighted by molar-refractivity contribution is 6.34. The van der Waals surface area contributed by atoms with Crippen molar-refractivity contribution in [3.63, 3.8) is 0 Å². The fraction of sp³-hybridized carbons (Fsp3) is 0.560. The Labute approximate surface area is 227 Å². The second-order valence-electron chi connectivity index (χ2n) is 10.8. The third-order valence-corrected chi connectivity index (χ3v) is 7.69. The summed E-state index contributed by atoms with van der Waals surface area (Å²) in [5, 5.41) is 10.4. The molecule has 1 aromatic heterocycles. The zero-order chi connectivity index (χ0) is 28.9. The Morgan fingerprint density at radius 3 is 2.31 bits per heavy atom. The van der Waals surface area contributed by atoms with Crippen LogP contribution in [-0.4, -0.2) is 80.3 Å². The zero-order valence-electron chi connectivity index (χ0n) is 21.7. The van der Waals surface area contributed by atoms with E-state index < -0.39 is 53.7 Å². The number of carbonyl (C=O) groups is 3. The molecule has 1 aliphatic heterocycles. The third-order valence-electron chi connectivity index (χ3n) is 7.39. The molecule has 2 aromatic rings. The minimum atomic E-state index is -5.25. The number of fused-ring (bicyclic) bond motifs is 1. The van der Waals surface area contributed by atoms with Gasteiger partial charge in [-0.2, -0.15) is 13.2 Å². The summed E-state index contributed by atoms with van der Waals surface area (Å²) in [5.74, 6) is -2.57. The molecule has 10 nitrogen and oxygen atoms in total. The van der Waals surface area contributed by atoms with Crippen LogP contribution in [0.4, 0.5) is 18.0 Å². The van der Waals surface area contributed by atoms with E-state index in [9.17, 15) is 32.7 Å². The zero-order valence-corrected chi connectivity index (χ0v) is 22.5. The summed E-state index contributed by atoms with van der Waals surface area (Å²) in [6.45, 7) is 4.26. The van der Waals surface area contributed by atoms with Crippen molar-refractivity contribution in [3.05, 3.63) is 23.6 Å². The van der Waals surface area contributed by atoms with Crippen LogP contribution >= 0.6 is 11.6 Å². The molecule has 3 amide bonds. The molecule has 212 valence electrons. The van der Waals surface area contributed by atoms with Crippen LogP contribution in [-0.2, 0) is 9.59 Å². The normalized spacial score (nSPS) is 24.3. The second kappa shape index (κ2) is 10.00. The van der Waals surface area contributed by atoms with Gasteiger partial charge < -0.3 is 19.5 Å². The molecule has 1 unspecified atom stereocenters. The van der Waals surface area contributed by atoms with Crippen molar-refractivity contribution in [3.8, 4) is 11.5 Å². The van der Waals surface area contributed by atoms with E-state index in [0.29, 0.717) is 32.2 Å². The Morgan fingerprint density at radius 2 is 1.77 bits per heavy atom. The van der Waals surface area contributed by atoms with Crippen molar-refractivity contribution in [1.82, 2.24) is 19.8 Å². The molecule has 1 aliphatic carbocycles. The molecule has 39 heavy (non-hydrogen) atoms. The van der Waals surface area contributed by atoms with E-state index in [1.54, 1.807) is 32.9 Å². The molecule has 1 N–H and O–H groups in total. The molecule has 0 bridgehead atoms. The lowest BCUT2D eigenvalue weighted by atomic mass is 9.72. The number of piperazine rings is 1. The van der Waals surface area contributed by atoms with Crippen molar-refractivity contribution in [2.24, 2.45) is 5.41 Å². The van der Waals surface area contributed by atoms with Crippen molar-refractivity contribution >= 4 is 40.4 Å². The predicted molar refractivity (Wildman–Crippen MR) is 133 cm³/mol. The number of ether oxygens (including phenoxy) is 2. The van der Waals surface area contributed by atoms with Crippen LogP contribution in [0.5, 0.6) is 11.5 Å². The average Bonchev–Trinajstić information content (AvgIpc) is 2.85. The number of methoxy groups -OCH3 is 1. The number of hydrogen-bond acceptors (Lipinski definition) is 7. The fourth-order valence-electron chi connectivity index (χ4n) is 5.39. The van der Waals surface area contributed by atoms with Crippen LogP contribution in [0.25, 0.3) is 10.9 Å². The highest BCUT2D eigenvalue weighted by Crippen LogP contribution is 2.46. The minimum absolute atomic E-state index is 0.0674. The standard InChI is InChI=1S/C25H28ClF3N4O6/c1-23(2,3)18-11-32(22(36)37)20(34)24(33(18)21(35)25(27,28)29)7-5-13(6-8-24)39-17-9-14-15(10-16(17)38-4)30-12-31-19(14)26/h9-10,12-13,18H,5-8,11H2,1-4H3,(H,36,37). The first-order chi connectivity index (χ1) is 18.1. The van der Waals surface area contributed by atoms with Crippen LogP contribution in [0.1, 0.15) is 46.5 Å². The molecular weight excluding hydrogens is 545 g/mol. The molecule has 1 saturated heterocycles. The Balaban J connectivity index is 1.69. The SMILES string of the molecule is COc1cc2ncnc(Cl)c2cc1OC1CCC2(CC1)C(=O)N(C(=O)O)CC(C(C)(C)C)N2C(=O)C(F)(F)F. The lowest BCUT2D eigenvalue weighted by molar-refractivity contribution is -0.208. The van der Waals surface area contributed by atoms with Gasteiger partial charge in [0.2, 0.25) is 0 Å². The molecule has 2 heterocycles. The van der Waals surface area contributed by atoms with Crippen molar-refractivity contribution in [2.45, 2.75) is 70.3 Å². The average molecular weight is 573 g/mol. The topological polar surface area (TPSA) is 122 Å². The lowest BCUT2D eigenvalue weighted by Gasteiger charge is -2.57. The molecule has 0 radical (unpaired) electrons. The van der Waals surface area contributed by atoms with Gasteiger partial charge in [0.05, 0.1) is 31.3 Å². The first-order valence-electron chi connectivity index (χ1n) is 12.2. The molecule has 14 heteroatoms. The largest absolute Gasteiger partial charge is 0.493 e. The molecule has 1 spiro atoms. The lowest BCUT2D eigenvalue weighted by Crippen LogP contribution is -2.75. The Bertz CT molecular complexity index is 1310. The summed E-state index contributed by atoms with van der Waals surface area (Å²) in [5.41, 5.74) is -2.45. The fourth-order valence-corrected chi connectivity index (χ4v) is 5.59. The number of carboxylic acid groups (broad SMARTS) is 1. The molecular formula is C25H28ClF3N4O6.